The number of aromatic carboxylic acids is 1. The quantitative estimate of drug-likeness (QED) is 0.828. The molecule has 6 heteroatoms. The van der Waals surface area contributed by atoms with Gasteiger partial charge < -0.3 is 10.0 Å². The first-order chi connectivity index (χ1) is 8.49. The average Bonchev–Trinajstić information content (AvgIpc) is 2.30. The summed E-state index contributed by atoms with van der Waals surface area (Å²) in [5.41, 5.74) is 0.396. The number of halogens is 1. The van der Waals surface area contributed by atoms with Crippen LogP contribution in [-0.4, -0.2) is 29.3 Å². The number of carbonyl (C=O) groups excluding carboxylic acids is 2. The van der Waals surface area contributed by atoms with Gasteiger partial charge in [0.05, 0.1) is 22.7 Å². The summed E-state index contributed by atoms with van der Waals surface area (Å²) in [7, 11) is 0. The average molecular weight is 268 g/mol. The first kappa shape index (κ1) is 12.6. The summed E-state index contributed by atoms with van der Waals surface area (Å²) in [6, 6.07) is 4.15. The van der Waals surface area contributed by atoms with Gasteiger partial charge in [-0.2, -0.15) is 0 Å². The van der Waals surface area contributed by atoms with Crippen molar-refractivity contribution < 1.29 is 19.5 Å². The predicted octanol–water partition coefficient (Wildman–Crippen LogP) is 1.73. The van der Waals surface area contributed by atoms with E-state index >= 15 is 0 Å². The SMILES string of the molecule is O=C1CCN(c2cc(C(=O)O)ccc2Cl)C(=O)C1. The fourth-order valence-electron chi connectivity index (χ4n) is 1.82. The molecule has 1 saturated heterocycles. The van der Waals surface area contributed by atoms with Gasteiger partial charge in [0.15, 0.2) is 0 Å². The lowest BCUT2D eigenvalue weighted by atomic mass is 10.1. The minimum Gasteiger partial charge on any atom is -0.478 e. The zero-order chi connectivity index (χ0) is 13.3. The molecule has 1 aromatic rings. The van der Waals surface area contributed by atoms with E-state index in [2.05, 4.69) is 0 Å². The molecule has 0 aromatic heterocycles. The third-order valence-electron chi connectivity index (χ3n) is 2.75. The van der Waals surface area contributed by atoms with Crippen LogP contribution in [0.3, 0.4) is 0 Å². The molecule has 0 atom stereocenters. The standard InChI is InChI=1S/C12H10ClNO4/c13-9-2-1-7(12(17)18)5-10(9)14-4-3-8(15)6-11(14)16/h1-2,5H,3-4,6H2,(H,17,18). The molecule has 1 amide bonds. The van der Waals surface area contributed by atoms with E-state index in [1.807, 2.05) is 0 Å². The van der Waals surface area contributed by atoms with Crippen molar-refractivity contribution in [2.24, 2.45) is 0 Å². The van der Waals surface area contributed by atoms with Gasteiger partial charge in [-0.1, -0.05) is 11.6 Å². The molecule has 1 N–H and O–H groups in total. The molecule has 0 radical (unpaired) electrons. The van der Waals surface area contributed by atoms with E-state index in [1.165, 1.54) is 23.1 Å². The smallest absolute Gasteiger partial charge is 0.335 e. The molecule has 0 spiro atoms. The third kappa shape index (κ3) is 2.36. The Morgan fingerprint density at radius 2 is 2.06 bits per heavy atom. The summed E-state index contributed by atoms with van der Waals surface area (Å²) in [5, 5.41) is 9.20. The van der Waals surface area contributed by atoms with E-state index in [4.69, 9.17) is 16.7 Å². The van der Waals surface area contributed by atoms with Gasteiger partial charge in [0, 0.05) is 13.0 Å². The number of piperidine rings is 1. The van der Waals surface area contributed by atoms with Gasteiger partial charge in [0.1, 0.15) is 5.78 Å². The van der Waals surface area contributed by atoms with E-state index < -0.39 is 5.97 Å². The molecule has 5 nitrogen and oxygen atoms in total. The lowest BCUT2D eigenvalue weighted by Crippen LogP contribution is -2.39. The largest absolute Gasteiger partial charge is 0.478 e. The topological polar surface area (TPSA) is 74.7 Å². The van der Waals surface area contributed by atoms with Crippen LogP contribution in [0.15, 0.2) is 18.2 Å². The number of benzene rings is 1. The van der Waals surface area contributed by atoms with Crippen LogP contribution in [0.25, 0.3) is 0 Å². The van der Waals surface area contributed by atoms with E-state index in [-0.39, 0.29) is 36.6 Å². The molecular weight excluding hydrogens is 258 g/mol. The number of carbonyl (C=O) groups is 3. The Balaban J connectivity index is 2.38. The molecule has 0 unspecified atom stereocenters. The molecule has 0 saturated carbocycles. The molecule has 0 aliphatic carbocycles. The number of nitrogens with zero attached hydrogens (tertiary/aromatic N) is 1. The van der Waals surface area contributed by atoms with E-state index in [0.717, 1.165) is 0 Å². The maximum atomic E-state index is 11.7. The zero-order valence-electron chi connectivity index (χ0n) is 9.35. The Labute approximate surface area is 108 Å². The van der Waals surface area contributed by atoms with Crippen LogP contribution in [0.1, 0.15) is 23.2 Å². The predicted molar refractivity (Wildman–Crippen MR) is 65.0 cm³/mol. The highest BCUT2D eigenvalue weighted by molar-refractivity contribution is 6.34. The maximum absolute atomic E-state index is 11.7. The number of Topliss-reactive ketones (excluding diaryl/α,β-unsaturated/α-hetero) is 1. The minimum atomic E-state index is -1.09. The van der Waals surface area contributed by atoms with Gasteiger partial charge in [-0.3, -0.25) is 9.59 Å². The second kappa shape index (κ2) is 4.78. The minimum absolute atomic E-state index is 0.0547. The monoisotopic (exact) mass is 267 g/mol. The molecular formula is C12H10ClNO4. The van der Waals surface area contributed by atoms with Crippen LogP contribution in [0.5, 0.6) is 0 Å². The van der Waals surface area contributed by atoms with Gasteiger partial charge in [-0.15, -0.1) is 0 Å². The molecule has 1 aliphatic rings. The van der Waals surface area contributed by atoms with Crippen LogP contribution in [0.2, 0.25) is 5.02 Å². The highest BCUT2D eigenvalue weighted by Crippen LogP contribution is 2.29. The second-order valence-electron chi connectivity index (χ2n) is 3.98. The van der Waals surface area contributed by atoms with Crippen molar-refractivity contribution in [3.05, 3.63) is 28.8 Å². The lowest BCUT2D eigenvalue weighted by Gasteiger charge is -2.27. The first-order valence-electron chi connectivity index (χ1n) is 5.34. The van der Waals surface area contributed by atoms with Gasteiger partial charge in [0.25, 0.3) is 0 Å². The molecule has 18 heavy (non-hydrogen) atoms. The van der Waals surface area contributed by atoms with Crippen molar-refractivity contribution in [1.82, 2.24) is 0 Å². The summed E-state index contributed by atoms with van der Waals surface area (Å²) >= 11 is 5.96. The Hall–Kier alpha value is -1.88. The number of hydrogen-bond acceptors (Lipinski definition) is 3. The Kier molecular flexibility index (Phi) is 3.34. The van der Waals surface area contributed by atoms with E-state index in [1.54, 1.807) is 0 Å². The zero-order valence-corrected chi connectivity index (χ0v) is 10.1. The van der Waals surface area contributed by atoms with Crippen LogP contribution in [0, 0.1) is 0 Å². The lowest BCUT2D eigenvalue weighted by molar-refractivity contribution is -0.128. The van der Waals surface area contributed by atoms with Crippen molar-refractivity contribution in [3.63, 3.8) is 0 Å². The molecule has 1 aliphatic heterocycles. The molecule has 1 heterocycles. The summed E-state index contributed by atoms with van der Waals surface area (Å²) in [4.78, 5) is 35.1. The number of ketones is 1. The Bertz CT molecular complexity index is 541. The van der Waals surface area contributed by atoms with E-state index in [0.29, 0.717) is 10.7 Å². The van der Waals surface area contributed by atoms with Gasteiger partial charge in [-0.25, -0.2) is 4.79 Å². The summed E-state index contributed by atoms with van der Waals surface area (Å²) in [6.07, 6.45) is 0.104. The number of hydrogen-bond donors (Lipinski definition) is 1. The number of amides is 1. The van der Waals surface area contributed by atoms with Crippen molar-refractivity contribution in [1.29, 1.82) is 0 Å². The highest BCUT2D eigenvalue weighted by atomic mass is 35.5. The molecule has 94 valence electrons. The van der Waals surface area contributed by atoms with Crippen LogP contribution >= 0.6 is 11.6 Å². The van der Waals surface area contributed by atoms with Gasteiger partial charge >= 0.3 is 5.97 Å². The Morgan fingerprint density at radius 3 is 2.67 bits per heavy atom. The fraction of sp³-hybridized carbons (Fsp3) is 0.250. The van der Waals surface area contributed by atoms with Crippen molar-refractivity contribution in [2.45, 2.75) is 12.8 Å². The third-order valence-corrected chi connectivity index (χ3v) is 3.07. The number of carboxylic acids is 1. The first-order valence-corrected chi connectivity index (χ1v) is 5.72. The normalized spacial score (nSPS) is 15.9. The summed E-state index contributed by atoms with van der Waals surface area (Å²) in [6.45, 7) is 0.237. The molecule has 1 aromatic carbocycles. The fourth-order valence-corrected chi connectivity index (χ4v) is 2.04. The van der Waals surface area contributed by atoms with Crippen LogP contribution in [-0.2, 0) is 9.59 Å². The van der Waals surface area contributed by atoms with Crippen LogP contribution < -0.4 is 4.90 Å². The molecule has 2 rings (SSSR count). The summed E-state index contributed by atoms with van der Waals surface area (Å²) in [5.74, 6) is -1.55. The molecule has 1 fully saturated rings. The highest BCUT2D eigenvalue weighted by Gasteiger charge is 2.26. The van der Waals surface area contributed by atoms with Crippen molar-refractivity contribution in [2.75, 3.05) is 11.4 Å². The van der Waals surface area contributed by atoms with Crippen molar-refractivity contribution in [3.8, 4) is 0 Å². The van der Waals surface area contributed by atoms with E-state index in [9.17, 15) is 14.4 Å². The van der Waals surface area contributed by atoms with Crippen molar-refractivity contribution >= 4 is 34.9 Å². The van der Waals surface area contributed by atoms with Gasteiger partial charge in [-0.05, 0) is 18.2 Å². The Morgan fingerprint density at radius 1 is 1.33 bits per heavy atom. The summed E-state index contributed by atoms with van der Waals surface area (Å²) < 4.78 is 0. The number of rotatable bonds is 2. The number of anilines is 1. The number of carboxylic acid groups (broad SMARTS) is 1. The second-order valence-corrected chi connectivity index (χ2v) is 4.39. The molecule has 0 bridgehead atoms. The van der Waals surface area contributed by atoms with Gasteiger partial charge in [0.2, 0.25) is 5.91 Å². The van der Waals surface area contributed by atoms with Crippen LogP contribution in [0.4, 0.5) is 5.69 Å². The maximum Gasteiger partial charge on any atom is 0.335 e.